The molecule has 6 heteroatoms. The van der Waals surface area contributed by atoms with Crippen LogP contribution in [0.4, 0.5) is 8.78 Å². The quantitative estimate of drug-likeness (QED) is 0.806. The zero-order valence-electron chi connectivity index (χ0n) is 13.7. The number of aryl methyl sites for hydroxylation is 1. The van der Waals surface area contributed by atoms with Gasteiger partial charge >= 0.3 is 5.97 Å². The molecule has 0 bridgehead atoms. The first-order valence-corrected chi connectivity index (χ1v) is 7.89. The van der Waals surface area contributed by atoms with Crippen molar-refractivity contribution in [2.45, 2.75) is 25.8 Å². The van der Waals surface area contributed by atoms with Gasteiger partial charge in [0.05, 0.1) is 12.0 Å². The highest BCUT2D eigenvalue weighted by Gasteiger charge is 2.26. The Morgan fingerprint density at radius 2 is 1.80 bits per heavy atom. The monoisotopic (exact) mass is 347 g/mol. The third-order valence-corrected chi connectivity index (χ3v) is 3.99. The molecule has 0 fully saturated rings. The third-order valence-electron chi connectivity index (χ3n) is 3.99. The molecule has 2 aromatic carbocycles. The van der Waals surface area contributed by atoms with Crippen molar-refractivity contribution < 1.29 is 23.5 Å². The third kappa shape index (κ3) is 5.11. The van der Waals surface area contributed by atoms with Crippen LogP contribution in [-0.4, -0.2) is 17.0 Å². The normalized spacial score (nSPS) is 13.1. The summed E-state index contributed by atoms with van der Waals surface area (Å²) in [6.07, 6.45) is -0.0472. The van der Waals surface area contributed by atoms with Crippen LogP contribution in [0.1, 0.15) is 30.5 Å². The van der Waals surface area contributed by atoms with Crippen molar-refractivity contribution in [2.75, 3.05) is 0 Å². The molecular weight excluding hydrogens is 328 g/mol. The summed E-state index contributed by atoms with van der Waals surface area (Å²) in [6.45, 7) is 1.51. The van der Waals surface area contributed by atoms with Crippen LogP contribution in [0.15, 0.2) is 48.5 Å². The van der Waals surface area contributed by atoms with Crippen LogP contribution in [0.25, 0.3) is 0 Å². The van der Waals surface area contributed by atoms with E-state index in [0.717, 1.165) is 18.2 Å². The second kappa shape index (κ2) is 8.37. The summed E-state index contributed by atoms with van der Waals surface area (Å²) in [7, 11) is 0. The first kappa shape index (κ1) is 18.6. The maximum Gasteiger partial charge on any atom is 0.308 e. The van der Waals surface area contributed by atoms with E-state index in [1.807, 2.05) is 0 Å². The highest BCUT2D eigenvalue weighted by molar-refractivity contribution is 5.78. The predicted molar refractivity (Wildman–Crippen MR) is 88.8 cm³/mol. The first-order valence-electron chi connectivity index (χ1n) is 7.89. The fourth-order valence-corrected chi connectivity index (χ4v) is 2.53. The highest BCUT2D eigenvalue weighted by atomic mass is 19.1. The van der Waals surface area contributed by atoms with Crippen LogP contribution in [-0.2, 0) is 16.0 Å². The van der Waals surface area contributed by atoms with Crippen molar-refractivity contribution in [3.8, 4) is 0 Å². The van der Waals surface area contributed by atoms with Gasteiger partial charge in [0.1, 0.15) is 11.6 Å². The molecule has 0 heterocycles. The zero-order chi connectivity index (χ0) is 18.4. The number of rotatable bonds is 7. The summed E-state index contributed by atoms with van der Waals surface area (Å²) in [5, 5.41) is 11.9. The summed E-state index contributed by atoms with van der Waals surface area (Å²) >= 11 is 0. The van der Waals surface area contributed by atoms with Gasteiger partial charge in [0.25, 0.3) is 0 Å². The Labute approximate surface area is 144 Å². The maximum atomic E-state index is 13.6. The highest BCUT2D eigenvalue weighted by Crippen LogP contribution is 2.22. The Balaban J connectivity index is 2.06. The van der Waals surface area contributed by atoms with Gasteiger partial charge in [-0.1, -0.05) is 30.3 Å². The minimum atomic E-state index is -1.04. The molecule has 0 saturated heterocycles. The molecular formula is C19H19F2NO3. The van der Waals surface area contributed by atoms with Crippen LogP contribution in [0.3, 0.4) is 0 Å². The van der Waals surface area contributed by atoms with E-state index in [4.69, 9.17) is 0 Å². The predicted octanol–water partition coefficient (Wildman–Crippen LogP) is 3.48. The molecule has 0 aliphatic heterocycles. The molecule has 1 amide bonds. The van der Waals surface area contributed by atoms with E-state index in [9.17, 15) is 23.5 Å². The Morgan fingerprint density at radius 3 is 2.44 bits per heavy atom. The number of hydrogen-bond acceptors (Lipinski definition) is 2. The Kier molecular flexibility index (Phi) is 6.22. The minimum absolute atomic E-state index is 0.0262. The van der Waals surface area contributed by atoms with Crippen LogP contribution in [0, 0.1) is 17.6 Å². The molecule has 0 aliphatic carbocycles. The molecule has 0 radical (unpaired) electrons. The first-order chi connectivity index (χ1) is 11.9. The summed E-state index contributed by atoms with van der Waals surface area (Å²) in [5.41, 5.74) is 0.778. The summed E-state index contributed by atoms with van der Waals surface area (Å²) in [5.74, 6) is -3.45. The average molecular weight is 347 g/mol. The number of benzene rings is 2. The molecule has 0 aromatic heterocycles. The molecule has 2 rings (SSSR count). The lowest BCUT2D eigenvalue weighted by Crippen LogP contribution is -2.35. The van der Waals surface area contributed by atoms with Crippen LogP contribution in [0.2, 0.25) is 0 Å². The van der Waals surface area contributed by atoms with Gasteiger partial charge in [-0.05, 0) is 42.7 Å². The molecule has 25 heavy (non-hydrogen) atoms. The summed E-state index contributed by atoms with van der Waals surface area (Å²) < 4.78 is 26.8. The largest absolute Gasteiger partial charge is 0.481 e. The van der Waals surface area contributed by atoms with E-state index in [1.54, 1.807) is 30.3 Å². The molecule has 0 spiro atoms. The van der Waals surface area contributed by atoms with Crippen molar-refractivity contribution >= 4 is 11.9 Å². The molecule has 2 N–H and O–H groups in total. The van der Waals surface area contributed by atoms with Crippen molar-refractivity contribution in [2.24, 2.45) is 5.92 Å². The van der Waals surface area contributed by atoms with Gasteiger partial charge < -0.3 is 10.4 Å². The zero-order valence-corrected chi connectivity index (χ0v) is 13.7. The fourth-order valence-electron chi connectivity index (χ4n) is 2.53. The molecule has 2 atom stereocenters. The molecule has 2 aromatic rings. The summed E-state index contributed by atoms with van der Waals surface area (Å²) in [4.78, 5) is 23.5. The molecule has 0 saturated carbocycles. The van der Waals surface area contributed by atoms with Crippen molar-refractivity contribution in [3.05, 3.63) is 71.3 Å². The Hall–Kier alpha value is -2.76. The van der Waals surface area contributed by atoms with Crippen LogP contribution in [0.5, 0.6) is 0 Å². The standard InChI is InChI=1S/C19H19F2NO3/c1-12(19(24)25)18(13-5-3-2-4-6-13)22-17(23)10-7-14-11-15(20)8-9-16(14)21/h2-6,8-9,11-12,18H,7,10H2,1H3,(H,22,23)(H,24,25). The second-order valence-electron chi connectivity index (χ2n) is 5.82. The van der Waals surface area contributed by atoms with E-state index in [0.29, 0.717) is 5.56 Å². The van der Waals surface area contributed by atoms with Gasteiger partial charge in [-0.3, -0.25) is 9.59 Å². The lowest BCUT2D eigenvalue weighted by molar-refractivity contribution is -0.142. The van der Waals surface area contributed by atoms with Gasteiger partial charge in [-0.25, -0.2) is 8.78 Å². The minimum Gasteiger partial charge on any atom is -0.481 e. The number of carboxylic acid groups (broad SMARTS) is 1. The number of hydrogen-bond donors (Lipinski definition) is 2. The second-order valence-corrected chi connectivity index (χ2v) is 5.82. The number of carbonyl (C=O) groups is 2. The maximum absolute atomic E-state index is 13.6. The van der Waals surface area contributed by atoms with Gasteiger partial charge in [0, 0.05) is 6.42 Å². The van der Waals surface area contributed by atoms with Gasteiger partial charge in [0.2, 0.25) is 5.91 Å². The van der Waals surface area contributed by atoms with Gasteiger partial charge in [0.15, 0.2) is 0 Å². The van der Waals surface area contributed by atoms with Crippen molar-refractivity contribution in [1.29, 1.82) is 0 Å². The van der Waals surface area contributed by atoms with E-state index in [2.05, 4.69) is 5.32 Å². The van der Waals surface area contributed by atoms with Gasteiger partial charge in [-0.15, -0.1) is 0 Å². The number of amides is 1. The van der Waals surface area contributed by atoms with Crippen molar-refractivity contribution in [3.63, 3.8) is 0 Å². The Morgan fingerprint density at radius 1 is 1.12 bits per heavy atom. The lowest BCUT2D eigenvalue weighted by Gasteiger charge is -2.23. The summed E-state index contributed by atoms with van der Waals surface area (Å²) in [6, 6.07) is 11.1. The van der Waals surface area contributed by atoms with Gasteiger partial charge in [-0.2, -0.15) is 0 Å². The van der Waals surface area contributed by atoms with E-state index >= 15 is 0 Å². The lowest BCUT2D eigenvalue weighted by atomic mass is 9.94. The Bertz CT molecular complexity index is 750. The molecule has 132 valence electrons. The number of carbonyl (C=O) groups excluding carboxylic acids is 1. The number of nitrogens with one attached hydrogen (secondary N) is 1. The van der Waals surface area contributed by atoms with Crippen LogP contribution < -0.4 is 5.32 Å². The number of aliphatic carboxylic acids is 1. The molecule has 2 unspecified atom stereocenters. The van der Waals surface area contributed by atoms with E-state index in [-0.39, 0.29) is 18.4 Å². The topological polar surface area (TPSA) is 66.4 Å². The van der Waals surface area contributed by atoms with E-state index in [1.165, 1.54) is 6.92 Å². The average Bonchev–Trinajstić information content (AvgIpc) is 2.60. The van der Waals surface area contributed by atoms with Crippen molar-refractivity contribution in [1.82, 2.24) is 5.32 Å². The molecule has 0 aliphatic rings. The molecule has 4 nitrogen and oxygen atoms in total. The number of carboxylic acids is 1. The van der Waals surface area contributed by atoms with Crippen LogP contribution >= 0.6 is 0 Å². The SMILES string of the molecule is CC(C(=O)O)C(NC(=O)CCc1cc(F)ccc1F)c1ccccc1. The number of halogens is 2. The van der Waals surface area contributed by atoms with E-state index < -0.39 is 35.5 Å². The smallest absolute Gasteiger partial charge is 0.308 e. The fraction of sp³-hybridized carbons (Fsp3) is 0.263.